The summed E-state index contributed by atoms with van der Waals surface area (Å²) < 4.78 is 50.7. The molecule has 4 rings (SSSR count). The second-order valence-corrected chi connectivity index (χ2v) is 8.83. The van der Waals surface area contributed by atoms with Crippen LogP contribution in [0, 0.1) is 6.92 Å². The Morgan fingerprint density at radius 1 is 1.11 bits per heavy atom. The number of hydrogen-bond donors (Lipinski definition) is 1. The predicted molar refractivity (Wildman–Crippen MR) is 120 cm³/mol. The first-order valence-electron chi connectivity index (χ1n) is 10.3. The van der Waals surface area contributed by atoms with Crippen molar-refractivity contribution in [2.24, 2.45) is 7.05 Å². The van der Waals surface area contributed by atoms with E-state index in [0.29, 0.717) is 5.01 Å². The van der Waals surface area contributed by atoms with Crippen molar-refractivity contribution in [3.63, 3.8) is 0 Å². The molecule has 0 saturated heterocycles. The van der Waals surface area contributed by atoms with Crippen molar-refractivity contribution in [1.82, 2.24) is 23.7 Å². The molecule has 0 bridgehead atoms. The molecule has 0 radical (unpaired) electrons. The number of aryl methyl sites for hydroxylation is 2. The van der Waals surface area contributed by atoms with Gasteiger partial charge in [0.05, 0.1) is 6.54 Å². The number of nitrogens with zero attached hydrogens (tertiary/aromatic N) is 5. The quantitative estimate of drug-likeness (QED) is 0.387. The minimum absolute atomic E-state index is 0.0103. The largest absolute Gasteiger partial charge is 0.573 e. The summed E-state index contributed by atoms with van der Waals surface area (Å²) in [6.07, 6.45) is -2.95. The van der Waals surface area contributed by atoms with E-state index in [2.05, 4.69) is 14.7 Å². The van der Waals surface area contributed by atoms with Crippen molar-refractivity contribution < 1.29 is 27.8 Å². The van der Waals surface area contributed by atoms with Crippen molar-refractivity contribution in [3.05, 3.63) is 61.2 Å². The number of imidazole rings is 1. The summed E-state index contributed by atoms with van der Waals surface area (Å²) in [6, 6.07) is 4.63. The smallest absolute Gasteiger partial charge is 0.425 e. The minimum atomic E-state index is -4.83. The number of halogens is 3. The second kappa shape index (κ2) is 9.54. The highest BCUT2D eigenvalue weighted by Gasteiger charge is 2.31. The molecule has 3 heterocycles. The van der Waals surface area contributed by atoms with Crippen LogP contribution in [0.5, 0.6) is 17.5 Å². The lowest BCUT2D eigenvalue weighted by atomic mass is 10.3. The third-order valence-corrected chi connectivity index (χ3v) is 5.86. The van der Waals surface area contributed by atoms with Gasteiger partial charge in [-0.25, -0.2) is 9.78 Å². The Bertz CT molecular complexity index is 1470. The number of benzene rings is 1. The zero-order chi connectivity index (χ0) is 25.3. The Kier molecular flexibility index (Phi) is 6.67. The number of aliphatic hydroxyl groups is 1. The Labute approximate surface area is 199 Å². The van der Waals surface area contributed by atoms with Gasteiger partial charge in [-0.2, -0.15) is 4.98 Å². The summed E-state index contributed by atoms with van der Waals surface area (Å²) in [6.45, 7) is 1.79. The molecule has 186 valence electrons. The van der Waals surface area contributed by atoms with Gasteiger partial charge >= 0.3 is 18.1 Å². The van der Waals surface area contributed by atoms with E-state index in [9.17, 15) is 22.8 Å². The van der Waals surface area contributed by atoms with Gasteiger partial charge in [-0.05, 0) is 37.6 Å². The van der Waals surface area contributed by atoms with Gasteiger partial charge in [0.25, 0.3) is 5.56 Å². The number of thiazole rings is 1. The average Bonchev–Trinajstić information content (AvgIpc) is 3.36. The number of fused-ring (bicyclic) bond motifs is 1. The first kappa shape index (κ1) is 24.5. The van der Waals surface area contributed by atoms with Gasteiger partial charge < -0.3 is 14.6 Å². The Hall–Kier alpha value is -3.65. The number of aromatic nitrogens is 5. The lowest BCUT2D eigenvalue weighted by Gasteiger charge is -2.11. The Balaban J connectivity index is 1.82. The highest BCUT2D eigenvalue weighted by Crippen LogP contribution is 2.29. The molecule has 35 heavy (non-hydrogen) atoms. The van der Waals surface area contributed by atoms with Crippen LogP contribution in [-0.2, 0) is 20.1 Å². The number of rotatable bonds is 8. The zero-order valence-corrected chi connectivity index (χ0v) is 19.4. The molecule has 3 aromatic heterocycles. The third kappa shape index (κ3) is 5.22. The lowest BCUT2D eigenvalue weighted by Crippen LogP contribution is -2.39. The first-order chi connectivity index (χ1) is 16.6. The summed E-state index contributed by atoms with van der Waals surface area (Å²) in [5, 5.41) is 9.80. The van der Waals surface area contributed by atoms with E-state index in [1.165, 1.54) is 39.7 Å². The fourth-order valence-corrected chi connectivity index (χ4v) is 4.20. The molecule has 14 heteroatoms. The van der Waals surface area contributed by atoms with E-state index < -0.39 is 23.4 Å². The van der Waals surface area contributed by atoms with Gasteiger partial charge in [-0.1, -0.05) is 0 Å². The van der Waals surface area contributed by atoms with E-state index >= 15 is 0 Å². The van der Waals surface area contributed by atoms with Crippen LogP contribution in [0.3, 0.4) is 0 Å². The van der Waals surface area contributed by atoms with Crippen LogP contribution >= 0.6 is 11.3 Å². The van der Waals surface area contributed by atoms with Crippen LogP contribution in [-0.4, -0.2) is 41.7 Å². The molecule has 0 fully saturated rings. The van der Waals surface area contributed by atoms with Gasteiger partial charge in [-0.3, -0.25) is 18.5 Å². The monoisotopic (exact) mass is 511 g/mol. The van der Waals surface area contributed by atoms with Crippen LogP contribution < -0.4 is 20.7 Å². The Morgan fingerprint density at radius 3 is 2.40 bits per heavy atom. The standard InChI is InChI=1S/C21H20F3N5O5S/c1-12-10-25-15(35-12)11-29-16-17(27(2)20(32)28(18(16)31)8-3-9-30)26-19(29)33-13-4-6-14(7-5-13)34-21(22,23)24/h4-7,10,30H,3,8-9,11H2,1-2H3. The molecule has 1 aromatic carbocycles. The van der Waals surface area contributed by atoms with Crippen molar-refractivity contribution in [3.8, 4) is 17.5 Å². The van der Waals surface area contributed by atoms with Gasteiger partial charge in [0.1, 0.15) is 16.5 Å². The van der Waals surface area contributed by atoms with Crippen molar-refractivity contribution in [2.75, 3.05) is 6.61 Å². The van der Waals surface area contributed by atoms with Crippen LogP contribution in [0.25, 0.3) is 11.2 Å². The molecule has 0 spiro atoms. The number of hydrogen-bond acceptors (Lipinski definition) is 8. The molecule has 4 aromatic rings. The van der Waals surface area contributed by atoms with Gasteiger partial charge in [0.2, 0.25) is 0 Å². The van der Waals surface area contributed by atoms with Crippen molar-refractivity contribution in [2.45, 2.75) is 32.8 Å². The Morgan fingerprint density at radius 2 is 1.80 bits per heavy atom. The molecular formula is C21H20F3N5O5S. The molecule has 0 amide bonds. The van der Waals surface area contributed by atoms with E-state index in [1.54, 1.807) is 6.20 Å². The van der Waals surface area contributed by atoms with Crippen LogP contribution in [0.4, 0.5) is 13.2 Å². The topological polar surface area (TPSA) is 113 Å². The SMILES string of the molecule is Cc1cnc(Cn2c(Oc3ccc(OC(F)(F)F)cc3)nc3c2c(=O)n(CCCO)c(=O)n3C)s1. The average molecular weight is 511 g/mol. The summed E-state index contributed by atoms with van der Waals surface area (Å²) in [5.41, 5.74) is -1.06. The lowest BCUT2D eigenvalue weighted by molar-refractivity contribution is -0.274. The predicted octanol–water partition coefficient (Wildman–Crippen LogP) is 2.78. The van der Waals surface area contributed by atoms with Crippen molar-refractivity contribution >= 4 is 22.5 Å². The van der Waals surface area contributed by atoms with E-state index in [4.69, 9.17) is 9.84 Å². The highest BCUT2D eigenvalue weighted by atomic mass is 32.1. The van der Waals surface area contributed by atoms with Crippen molar-refractivity contribution in [1.29, 1.82) is 0 Å². The number of alkyl halides is 3. The molecule has 1 N–H and O–H groups in total. The fraction of sp³-hybridized carbons (Fsp3) is 0.333. The molecule has 0 aliphatic rings. The second-order valence-electron chi connectivity index (χ2n) is 7.51. The minimum Gasteiger partial charge on any atom is -0.425 e. The van der Waals surface area contributed by atoms with Gasteiger partial charge in [0, 0.05) is 31.3 Å². The number of aliphatic hydroxyl groups excluding tert-OH is 1. The van der Waals surface area contributed by atoms with Crippen LogP contribution in [0.1, 0.15) is 16.3 Å². The highest BCUT2D eigenvalue weighted by molar-refractivity contribution is 7.11. The maximum absolute atomic E-state index is 13.3. The van der Waals surface area contributed by atoms with E-state index in [1.807, 2.05) is 6.92 Å². The molecular weight excluding hydrogens is 491 g/mol. The normalized spacial score (nSPS) is 11.8. The summed E-state index contributed by atoms with van der Waals surface area (Å²) in [4.78, 5) is 35.6. The number of ether oxygens (including phenoxy) is 2. The summed E-state index contributed by atoms with van der Waals surface area (Å²) >= 11 is 1.40. The first-order valence-corrected chi connectivity index (χ1v) is 11.1. The molecule has 0 unspecified atom stereocenters. The molecule has 0 atom stereocenters. The molecule has 0 aliphatic heterocycles. The third-order valence-electron chi connectivity index (χ3n) is 4.97. The maximum atomic E-state index is 13.3. The van der Waals surface area contributed by atoms with E-state index in [0.717, 1.165) is 21.6 Å². The molecule has 0 aliphatic carbocycles. The van der Waals surface area contributed by atoms with E-state index in [-0.39, 0.29) is 49.0 Å². The molecule has 0 saturated carbocycles. The van der Waals surface area contributed by atoms with Crippen LogP contribution in [0.15, 0.2) is 40.1 Å². The summed E-state index contributed by atoms with van der Waals surface area (Å²) in [7, 11) is 1.46. The van der Waals surface area contributed by atoms with Gasteiger partial charge in [0.15, 0.2) is 11.2 Å². The van der Waals surface area contributed by atoms with Crippen LogP contribution in [0.2, 0.25) is 0 Å². The fourth-order valence-electron chi connectivity index (χ4n) is 3.43. The van der Waals surface area contributed by atoms with Gasteiger partial charge in [-0.15, -0.1) is 24.5 Å². The summed E-state index contributed by atoms with van der Waals surface area (Å²) in [5.74, 6) is -0.289. The zero-order valence-electron chi connectivity index (χ0n) is 18.6. The maximum Gasteiger partial charge on any atom is 0.573 e. The molecule has 10 nitrogen and oxygen atoms in total.